The van der Waals surface area contributed by atoms with Crippen molar-refractivity contribution in [2.45, 2.75) is 58.8 Å². The van der Waals surface area contributed by atoms with Gasteiger partial charge in [0.2, 0.25) is 5.78 Å². The third kappa shape index (κ3) is 1.63. The summed E-state index contributed by atoms with van der Waals surface area (Å²) >= 11 is 0. The van der Waals surface area contributed by atoms with E-state index in [1.165, 1.54) is 25.7 Å². The van der Waals surface area contributed by atoms with E-state index in [4.69, 9.17) is 0 Å². The predicted molar refractivity (Wildman–Crippen MR) is 83.2 cm³/mol. The number of fused-ring (bicyclic) bond motifs is 5. The number of rotatable bonds is 0. The molecule has 1 unspecified atom stereocenters. The van der Waals surface area contributed by atoms with Crippen LogP contribution >= 0.6 is 0 Å². The molecule has 6 atom stereocenters. The highest BCUT2D eigenvalue weighted by atomic mass is 16.3. The third-order valence-corrected chi connectivity index (χ3v) is 7.86. The summed E-state index contributed by atoms with van der Waals surface area (Å²) in [4.78, 5) is 24.9. The molecule has 4 aliphatic carbocycles. The molecule has 120 valence electrons. The molecule has 0 aliphatic heterocycles. The van der Waals surface area contributed by atoms with Crippen molar-refractivity contribution in [3.63, 3.8) is 0 Å². The highest BCUT2D eigenvalue weighted by Crippen LogP contribution is 2.64. The summed E-state index contributed by atoms with van der Waals surface area (Å²) in [6.45, 7) is 4.45. The van der Waals surface area contributed by atoms with Gasteiger partial charge in [0.05, 0.1) is 0 Å². The average Bonchev–Trinajstić information content (AvgIpc) is 2.89. The van der Waals surface area contributed by atoms with Crippen LogP contribution in [0.5, 0.6) is 0 Å². The van der Waals surface area contributed by atoms with Gasteiger partial charge in [-0.25, -0.2) is 0 Å². The van der Waals surface area contributed by atoms with Gasteiger partial charge in [-0.05, 0) is 73.7 Å². The van der Waals surface area contributed by atoms with Crippen LogP contribution in [0.15, 0.2) is 11.8 Å². The van der Waals surface area contributed by atoms with Crippen LogP contribution in [0.25, 0.3) is 0 Å². The summed E-state index contributed by atoms with van der Waals surface area (Å²) in [6.07, 6.45) is 9.97. The maximum Gasteiger partial charge on any atom is 0.263 e. The Hall–Kier alpha value is -1.12. The first-order valence-corrected chi connectivity index (χ1v) is 8.88. The molecular formula is C19H26O3. The second-order valence-corrected chi connectivity index (χ2v) is 8.64. The fraction of sp³-hybridized carbons (Fsp3) is 0.789. The van der Waals surface area contributed by atoms with Gasteiger partial charge < -0.3 is 5.11 Å². The van der Waals surface area contributed by atoms with E-state index >= 15 is 0 Å². The zero-order chi connectivity index (χ0) is 15.7. The number of ketones is 2. The monoisotopic (exact) mass is 302 g/mol. The summed E-state index contributed by atoms with van der Waals surface area (Å²) < 4.78 is 0. The van der Waals surface area contributed by atoms with Crippen molar-refractivity contribution in [1.82, 2.24) is 0 Å². The van der Waals surface area contributed by atoms with Crippen LogP contribution in [-0.2, 0) is 9.59 Å². The molecule has 0 spiro atoms. The van der Waals surface area contributed by atoms with E-state index in [1.807, 2.05) is 6.92 Å². The second-order valence-electron chi connectivity index (χ2n) is 8.64. The van der Waals surface area contributed by atoms with Crippen molar-refractivity contribution in [3.05, 3.63) is 11.8 Å². The topological polar surface area (TPSA) is 54.4 Å². The Morgan fingerprint density at radius 3 is 2.59 bits per heavy atom. The lowest BCUT2D eigenvalue weighted by atomic mass is 9.46. The van der Waals surface area contributed by atoms with E-state index in [1.54, 1.807) is 6.08 Å². The van der Waals surface area contributed by atoms with Crippen LogP contribution in [0.3, 0.4) is 0 Å². The minimum atomic E-state index is -0.654. The number of aliphatic hydroxyl groups excluding tert-OH is 1. The molecule has 0 aromatic rings. The van der Waals surface area contributed by atoms with Gasteiger partial charge in [-0.2, -0.15) is 0 Å². The van der Waals surface area contributed by atoms with E-state index in [-0.39, 0.29) is 17.5 Å². The lowest BCUT2D eigenvalue weighted by molar-refractivity contribution is -0.156. The Balaban J connectivity index is 1.75. The Morgan fingerprint density at radius 1 is 1.05 bits per heavy atom. The highest BCUT2D eigenvalue weighted by molar-refractivity contribution is 6.45. The number of carbonyl (C=O) groups is 2. The van der Waals surface area contributed by atoms with Gasteiger partial charge >= 0.3 is 0 Å². The van der Waals surface area contributed by atoms with Gasteiger partial charge in [0.1, 0.15) is 0 Å². The van der Waals surface area contributed by atoms with E-state index in [9.17, 15) is 14.7 Å². The summed E-state index contributed by atoms with van der Waals surface area (Å²) in [7, 11) is 0. The Bertz CT molecular complexity index is 577. The molecule has 0 heterocycles. The molecule has 3 fully saturated rings. The van der Waals surface area contributed by atoms with Crippen LogP contribution in [0.1, 0.15) is 58.8 Å². The third-order valence-electron chi connectivity index (χ3n) is 7.86. The van der Waals surface area contributed by atoms with Gasteiger partial charge in [-0.15, -0.1) is 0 Å². The summed E-state index contributed by atoms with van der Waals surface area (Å²) in [5.41, 5.74) is -0.111. The van der Waals surface area contributed by atoms with Crippen molar-refractivity contribution >= 4 is 11.6 Å². The first-order chi connectivity index (χ1) is 10.4. The zero-order valence-electron chi connectivity index (χ0n) is 13.6. The van der Waals surface area contributed by atoms with Crippen LogP contribution in [0.2, 0.25) is 0 Å². The lowest BCUT2D eigenvalue weighted by Gasteiger charge is -2.57. The SMILES string of the molecule is C[C@@]12CCC[C@H]1[C@@H]1CCC3C=C(O)C(=O)C(=O)[C@]3(C)[C@H]1CC2. The average molecular weight is 302 g/mol. The number of hydrogen-bond acceptors (Lipinski definition) is 3. The minimum absolute atomic E-state index is 0.0460. The molecule has 0 amide bonds. The standard InChI is InChI=1S/C19H26O3/c1-18-8-3-4-13(18)12-6-5-11-10-15(20)16(21)17(22)19(11,2)14(12)7-9-18/h10-14,20H,3-9H2,1-2H3/t11?,12-,13-,14-,18-,19-/m0/s1. The van der Waals surface area contributed by atoms with Crippen LogP contribution in [0.4, 0.5) is 0 Å². The Labute approximate surface area is 132 Å². The smallest absolute Gasteiger partial charge is 0.263 e. The fourth-order valence-corrected chi connectivity index (χ4v) is 6.59. The fourth-order valence-electron chi connectivity index (χ4n) is 6.59. The molecule has 0 saturated heterocycles. The minimum Gasteiger partial charge on any atom is -0.504 e. The van der Waals surface area contributed by atoms with Gasteiger partial charge in [0.25, 0.3) is 5.78 Å². The molecule has 4 aliphatic rings. The first kappa shape index (κ1) is 14.5. The normalized spacial score (nSPS) is 50.9. The quantitative estimate of drug-likeness (QED) is 0.692. The van der Waals surface area contributed by atoms with E-state index < -0.39 is 11.2 Å². The number of Topliss-reactive ketones (excluding diaryl/α,β-unsaturated/α-hetero) is 2. The summed E-state index contributed by atoms with van der Waals surface area (Å²) in [5, 5.41) is 9.78. The molecule has 22 heavy (non-hydrogen) atoms. The molecule has 0 aromatic carbocycles. The highest BCUT2D eigenvalue weighted by Gasteiger charge is 2.61. The maximum absolute atomic E-state index is 12.8. The maximum atomic E-state index is 12.8. The van der Waals surface area contributed by atoms with Crippen LogP contribution < -0.4 is 0 Å². The van der Waals surface area contributed by atoms with Gasteiger partial charge in [0.15, 0.2) is 5.76 Å². The number of aliphatic hydroxyl groups is 1. The second kappa shape index (κ2) is 4.46. The Morgan fingerprint density at radius 2 is 1.82 bits per heavy atom. The number of carbonyl (C=O) groups excluding carboxylic acids is 2. The summed E-state index contributed by atoms with van der Waals surface area (Å²) in [6, 6.07) is 0. The van der Waals surface area contributed by atoms with Crippen molar-refractivity contribution < 1.29 is 14.7 Å². The van der Waals surface area contributed by atoms with E-state index in [0.29, 0.717) is 17.3 Å². The zero-order valence-corrected chi connectivity index (χ0v) is 13.6. The lowest BCUT2D eigenvalue weighted by Crippen LogP contribution is -2.57. The molecule has 0 bridgehead atoms. The molecule has 0 radical (unpaired) electrons. The first-order valence-electron chi connectivity index (χ1n) is 8.88. The molecule has 1 N–H and O–H groups in total. The largest absolute Gasteiger partial charge is 0.504 e. The van der Waals surface area contributed by atoms with Crippen LogP contribution in [0, 0.1) is 34.5 Å². The van der Waals surface area contributed by atoms with Crippen molar-refractivity contribution in [3.8, 4) is 0 Å². The molecule has 3 heteroatoms. The number of allylic oxidation sites excluding steroid dienone is 2. The van der Waals surface area contributed by atoms with Crippen LogP contribution in [-0.4, -0.2) is 16.7 Å². The van der Waals surface area contributed by atoms with E-state index in [2.05, 4.69) is 6.92 Å². The van der Waals surface area contributed by atoms with Crippen molar-refractivity contribution in [1.29, 1.82) is 0 Å². The van der Waals surface area contributed by atoms with Gasteiger partial charge in [0, 0.05) is 5.41 Å². The van der Waals surface area contributed by atoms with Crippen molar-refractivity contribution in [2.75, 3.05) is 0 Å². The predicted octanol–water partition coefficient (Wildman–Crippen LogP) is 3.83. The molecular weight excluding hydrogens is 276 g/mol. The molecule has 4 rings (SSSR count). The Kier molecular flexibility index (Phi) is 2.93. The molecule has 0 aromatic heterocycles. The molecule has 3 saturated carbocycles. The van der Waals surface area contributed by atoms with E-state index in [0.717, 1.165) is 25.2 Å². The molecule has 3 nitrogen and oxygen atoms in total. The van der Waals surface area contributed by atoms with Gasteiger partial charge in [-0.1, -0.05) is 20.3 Å². The van der Waals surface area contributed by atoms with Crippen molar-refractivity contribution in [2.24, 2.45) is 34.5 Å². The van der Waals surface area contributed by atoms with Gasteiger partial charge in [-0.3, -0.25) is 9.59 Å². The summed E-state index contributed by atoms with van der Waals surface area (Å²) in [5.74, 6) is 0.396. The number of hydrogen-bond donors (Lipinski definition) is 1.